The molecule has 2 rings (SSSR count). The molecule has 40 valence electrons. The summed E-state index contributed by atoms with van der Waals surface area (Å²) in [6.45, 7) is 4.41. The first kappa shape index (κ1) is 3.90. The normalized spacial score (nSPS) is 57.0. The Labute approximate surface area is 43.7 Å². The topological polar surface area (TPSA) is 9.23 Å². The largest absolute Gasteiger partial charge is 0.381 e. The lowest BCUT2D eigenvalue weighted by Crippen LogP contribution is -1.93. The minimum Gasteiger partial charge on any atom is -0.381 e. The summed E-state index contributed by atoms with van der Waals surface area (Å²) in [7, 11) is 0. The van der Waals surface area contributed by atoms with Crippen LogP contribution in [0, 0.1) is 17.8 Å². The quantitative estimate of drug-likeness (QED) is 0.437. The van der Waals surface area contributed by atoms with Crippen molar-refractivity contribution in [3.8, 4) is 0 Å². The van der Waals surface area contributed by atoms with Gasteiger partial charge in [-0.2, -0.15) is 0 Å². The molecule has 1 nitrogen and oxygen atoms in total. The number of fused-ring (bicyclic) bond motifs is 1. The van der Waals surface area contributed by atoms with Crippen molar-refractivity contribution in [2.24, 2.45) is 17.8 Å². The molecule has 1 saturated heterocycles. The second-order valence-corrected chi connectivity index (χ2v) is 2.72. The summed E-state index contributed by atoms with van der Waals surface area (Å²) >= 11 is 0. The van der Waals surface area contributed by atoms with Gasteiger partial charge >= 0.3 is 0 Å². The van der Waals surface area contributed by atoms with Crippen molar-refractivity contribution in [1.29, 1.82) is 0 Å². The number of hydrogen-bond donors (Lipinski definition) is 0. The molecule has 2 aliphatic rings. The van der Waals surface area contributed by atoms with E-state index in [1.54, 1.807) is 0 Å². The molecule has 0 radical (unpaired) electrons. The lowest BCUT2D eigenvalue weighted by molar-refractivity contribution is 0.154. The molecular weight excluding hydrogens is 88.1 g/mol. The van der Waals surface area contributed by atoms with Gasteiger partial charge in [0.2, 0.25) is 0 Å². The van der Waals surface area contributed by atoms with Crippen LogP contribution in [0.25, 0.3) is 0 Å². The van der Waals surface area contributed by atoms with Crippen LogP contribution in [-0.2, 0) is 4.74 Å². The molecule has 1 heteroatoms. The van der Waals surface area contributed by atoms with Gasteiger partial charge in [0.25, 0.3) is 0 Å². The Kier molecular flexibility index (Phi) is 0.571. The molecule has 2 atom stereocenters. The van der Waals surface area contributed by atoms with Gasteiger partial charge < -0.3 is 4.74 Å². The highest BCUT2D eigenvalue weighted by Gasteiger charge is 2.50. The van der Waals surface area contributed by atoms with E-state index in [-0.39, 0.29) is 0 Å². The Morgan fingerprint density at radius 2 is 1.86 bits per heavy atom. The fourth-order valence-corrected chi connectivity index (χ4v) is 1.53. The van der Waals surface area contributed by atoms with E-state index in [9.17, 15) is 0 Å². The van der Waals surface area contributed by atoms with Crippen molar-refractivity contribution < 1.29 is 4.74 Å². The first-order chi connectivity index (χ1) is 3.39. The minimum atomic E-state index is 0.958. The van der Waals surface area contributed by atoms with E-state index in [1.807, 2.05) is 0 Å². The summed E-state index contributed by atoms with van der Waals surface area (Å²) in [4.78, 5) is 0. The Hall–Kier alpha value is -0.0400. The van der Waals surface area contributed by atoms with Gasteiger partial charge in [0.15, 0.2) is 0 Å². The molecule has 2 unspecified atom stereocenters. The van der Waals surface area contributed by atoms with Crippen molar-refractivity contribution in [2.45, 2.75) is 6.92 Å². The molecule has 1 heterocycles. The Morgan fingerprint density at radius 3 is 2.14 bits per heavy atom. The molecule has 1 saturated carbocycles. The van der Waals surface area contributed by atoms with E-state index in [2.05, 4.69) is 6.92 Å². The fourth-order valence-electron chi connectivity index (χ4n) is 1.53. The van der Waals surface area contributed by atoms with Crippen molar-refractivity contribution in [2.75, 3.05) is 13.2 Å². The molecule has 2 fully saturated rings. The van der Waals surface area contributed by atoms with Gasteiger partial charge in [-0.3, -0.25) is 0 Å². The summed E-state index contributed by atoms with van der Waals surface area (Å²) in [5.74, 6) is 2.91. The van der Waals surface area contributed by atoms with Crippen LogP contribution in [0.4, 0.5) is 0 Å². The Balaban J connectivity index is 2.06. The zero-order chi connectivity index (χ0) is 4.85. The summed E-state index contributed by atoms with van der Waals surface area (Å²) in [6, 6.07) is 0. The molecule has 0 amide bonds. The van der Waals surface area contributed by atoms with Crippen LogP contribution >= 0.6 is 0 Å². The zero-order valence-corrected chi connectivity index (χ0v) is 4.55. The third kappa shape index (κ3) is 0.367. The number of rotatable bonds is 0. The lowest BCUT2D eigenvalue weighted by Gasteiger charge is -1.93. The molecule has 7 heavy (non-hydrogen) atoms. The van der Waals surface area contributed by atoms with E-state index in [4.69, 9.17) is 4.74 Å². The second kappa shape index (κ2) is 1.03. The van der Waals surface area contributed by atoms with E-state index < -0.39 is 0 Å². The van der Waals surface area contributed by atoms with Gasteiger partial charge in [-0.25, -0.2) is 0 Å². The molecule has 0 N–H and O–H groups in total. The highest BCUT2D eigenvalue weighted by molar-refractivity contribution is 4.97. The molecule has 1 aliphatic carbocycles. The predicted molar refractivity (Wildman–Crippen MR) is 27.0 cm³/mol. The minimum absolute atomic E-state index is 0.958. The highest BCUT2D eigenvalue weighted by atomic mass is 16.5. The van der Waals surface area contributed by atoms with E-state index in [0.29, 0.717) is 0 Å². The Morgan fingerprint density at radius 1 is 1.29 bits per heavy atom. The van der Waals surface area contributed by atoms with Gasteiger partial charge in [0, 0.05) is 0 Å². The maximum Gasteiger partial charge on any atom is 0.0500 e. The van der Waals surface area contributed by atoms with Gasteiger partial charge in [0.05, 0.1) is 13.2 Å². The highest BCUT2D eigenvalue weighted by Crippen LogP contribution is 2.49. The molecule has 0 aromatic carbocycles. The monoisotopic (exact) mass is 98.1 g/mol. The van der Waals surface area contributed by atoms with Crippen LogP contribution in [0.15, 0.2) is 0 Å². The third-order valence-electron chi connectivity index (χ3n) is 2.38. The van der Waals surface area contributed by atoms with Crippen molar-refractivity contribution in [1.82, 2.24) is 0 Å². The average molecular weight is 98.1 g/mol. The van der Waals surface area contributed by atoms with Gasteiger partial charge in [0.1, 0.15) is 0 Å². The van der Waals surface area contributed by atoms with Crippen molar-refractivity contribution >= 4 is 0 Å². The smallest absolute Gasteiger partial charge is 0.0500 e. The van der Waals surface area contributed by atoms with E-state index >= 15 is 0 Å². The SMILES string of the molecule is CC1C2COCC12. The Bertz CT molecular complexity index is 80.2. The number of ether oxygens (including phenoxy) is 1. The molecule has 0 bridgehead atoms. The van der Waals surface area contributed by atoms with Crippen LogP contribution in [0.2, 0.25) is 0 Å². The van der Waals surface area contributed by atoms with Crippen LogP contribution in [0.5, 0.6) is 0 Å². The second-order valence-electron chi connectivity index (χ2n) is 2.72. The zero-order valence-electron chi connectivity index (χ0n) is 4.55. The van der Waals surface area contributed by atoms with Crippen LogP contribution in [-0.4, -0.2) is 13.2 Å². The summed E-state index contributed by atoms with van der Waals surface area (Å²) in [6.07, 6.45) is 0. The first-order valence-electron chi connectivity index (χ1n) is 2.97. The van der Waals surface area contributed by atoms with E-state index in [1.165, 1.54) is 0 Å². The maximum atomic E-state index is 5.18. The molecule has 0 aromatic rings. The maximum absolute atomic E-state index is 5.18. The van der Waals surface area contributed by atoms with Crippen LogP contribution < -0.4 is 0 Å². The van der Waals surface area contributed by atoms with E-state index in [0.717, 1.165) is 31.0 Å². The van der Waals surface area contributed by atoms with Crippen molar-refractivity contribution in [3.63, 3.8) is 0 Å². The molecular formula is C6H10O. The predicted octanol–water partition coefficient (Wildman–Crippen LogP) is 0.899. The van der Waals surface area contributed by atoms with Crippen LogP contribution in [0.1, 0.15) is 6.92 Å². The summed E-state index contributed by atoms with van der Waals surface area (Å²) in [5.41, 5.74) is 0. The first-order valence-corrected chi connectivity index (χ1v) is 2.97. The van der Waals surface area contributed by atoms with Crippen molar-refractivity contribution in [3.05, 3.63) is 0 Å². The summed E-state index contributed by atoms with van der Waals surface area (Å²) < 4.78 is 5.18. The third-order valence-corrected chi connectivity index (χ3v) is 2.38. The molecule has 1 aliphatic heterocycles. The molecule has 0 spiro atoms. The standard InChI is InChI=1S/C6H10O/c1-4-5-2-7-3-6(4)5/h4-6H,2-3H2,1H3. The fraction of sp³-hybridized carbons (Fsp3) is 1.00. The average Bonchev–Trinajstić information content (AvgIpc) is 2.26. The number of hydrogen-bond acceptors (Lipinski definition) is 1. The van der Waals surface area contributed by atoms with Gasteiger partial charge in [-0.15, -0.1) is 0 Å². The summed E-state index contributed by atoms with van der Waals surface area (Å²) in [5, 5.41) is 0. The van der Waals surface area contributed by atoms with Crippen LogP contribution in [0.3, 0.4) is 0 Å². The van der Waals surface area contributed by atoms with Gasteiger partial charge in [-0.1, -0.05) is 6.92 Å². The lowest BCUT2D eigenvalue weighted by atomic mass is 10.4. The molecule has 0 aromatic heterocycles. The van der Waals surface area contributed by atoms with Gasteiger partial charge in [-0.05, 0) is 17.8 Å².